The minimum absolute atomic E-state index is 0.219. The molecule has 156 valence electrons. The Morgan fingerprint density at radius 3 is 2.34 bits per heavy atom. The van der Waals surface area contributed by atoms with E-state index in [1.807, 2.05) is 49.5 Å². The second-order valence-electron chi connectivity index (χ2n) is 8.22. The van der Waals surface area contributed by atoms with Gasteiger partial charge in [0.1, 0.15) is 11.4 Å². The van der Waals surface area contributed by atoms with Crippen molar-refractivity contribution in [2.75, 3.05) is 39.2 Å². The predicted octanol–water partition coefficient (Wildman–Crippen LogP) is 2.70. The molecule has 1 aromatic carbocycles. The highest BCUT2D eigenvalue weighted by Crippen LogP contribution is 2.35. The van der Waals surface area contributed by atoms with Gasteiger partial charge in [-0.1, -0.05) is 12.1 Å². The van der Waals surface area contributed by atoms with Crippen LogP contribution in [0.3, 0.4) is 0 Å². The number of carbonyl (C=O) groups is 1. The van der Waals surface area contributed by atoms with E-state index in [-0.39, 0.29) is 11.8 Å². The molecule has 0 bridgehead atoms. The number of amides is 1. The zero-order chi connectivity index (χ0) is 21.2. The fourth-order valence-corrected chi connectivity index (χ4v) is 3.65. The van der Waals surface area contributed by atoms with E-state index in [0.29, 0.717) is 19.0 Å². The summed E-state index contributed by atoms with van der Waals surface area (Å²) in [6.45, 7) is 4.29. The van der Waals surface area contributed by atoms with Gasteiger partial charge in [-0.05, 0) is 44.4 Å². The number of piperidine rings is 1. The lowest BCUT2D eigenvalue weighted by Crippen LogP contribution is -2.48. The number of aliphatic hydroxyl groups is 1. The molecule has 3 rings (SSSR count). The third-order valence-corrected chi connectivity index (χ3v) is 5.30. The van der Waals surface area contributed by atoms with Crippen LogP contribution in [0.1, 0.15) is 38.3 Å². The van der Waals surface area contributed by atoms with Crippen LogP contribution >= 0.6 is 0 Å². The van der Waals surface area contributed by atoms with Crippen LogP contribution in [0.5, 0.6) is 5.75 Å². The van der Waals surface area contributed by atoms with Crippen molar-refractivity contribution in [1.82, 2.24) is 14.9 Å². The SMILES string of the molecule is COc1ccc(-c2cnc(N(C)C)nc2C2CCN(C(=O)C(C)(C)O)CC2)cc1. The van der Waals surface area contributed by atoms with Crippen molar-refractivity contribution in [3.63, 3.8) is 0 Å². The molecule has 7 heteroatoms. The van der Waals surface area contributed by atoms with Gasteiger partial charge in [-0.3, -0.25) is 4.79 Å². The van der Waals surface area contributed by atoms with Gasteiger partial charge in [-0.15, -0.1) is 0 Å². The molecule has 1 N–H and O–H groups in total. The summed E-state index contributed by atoms with van der Waals surface area (Å²) >= 11 is 0. The number of hydrogen-bond acceptors (Lipinski definition) is 6. The summed E-state index contributed by atoms with van der Waals surface area (Å²) in [5, 5.41) is 10.0. The average Bonchev–Trinajstić information content (AvgIpc) is 2.72. The Morgan fingerprint density at radius 2 is 1.83 bits per heavy atom. The molecule has 1 saturated heterocycles. The number of rotatable bonds is 5. The molecule has 2 heterocycles. The molecule has 1 aliphatic heterocycles. The van der Waals surface area contributed by atoms with E-state index < -0.39 is 5.60 Å². The first kappa shape index (κ1) is 21.0. The van der Waals surface area contributed by atoms with Gasteiger partial charge < -0.3 is 19.6 Å². The minimum Gasteiger partial charge on any atom is -0.497 e. The third-order valence-electron chi connectivity index (χ3n) is 5.30. The number of carbonyl (C=O) groups excluding carboxylic acids is 1. The monoisotopic (exact) mass is 398 g/mol. The molecule has 2 aromatic rings. The lowest BCUT2D eigenvalue weighted by molar-refractivity contribution is -0.148. The molecule has 1 fully saturated rings. The van der Waals surface area contributed by atoms with Crippen LogP contribution in [-0.4, -0.2) is 65.8 Å². The molecule has 0 saturated carbocycles. The number of nitrogens with zero attached hydrogens (tertiary/aromatic N) is 4. The van der Waals surface area contributed by atoms with Gasteiger partial charge in [0.05, 0.1) is 12.8 Å². The Balaban J connectivity index is 1.89. The van der Waals surface area contributed by atoms with Crippen molar-refractivity contribution in [1.29, 1.82) is 0 Å². The largest absolute Gasteiger partial charge is 0.497 e. The maximum Gasteiger partial charge on any atom is 0.253 e. The Bertz CT molecular complexity index is 851. The molecule has 1 amide bonds. The van der Waals surface area contributed by atoms with Gasteiger partial charge in [0.15, 0.2) is 0 Å². The molecule has 0 aliphatic carbocycles. The van der Waals surface area contributed by atoms with Crippen LogP contribution in [0.15, 0.2) is 30.5 Å². The summed E-state index contributed by atoms with van der Waals surface area (Å²) in [5.74, 6) is 1.48. The summed E-state index contributed by atoms with van der Waals surface area (Å²) in [5.41, 5.74) is 1.71. The predicted molar refractivity (Wildman–Crippen MR) is 113 cm³/mol. The van der Waals surface area contributed by atoms with Gasteiger partial charge >= 0.3 is 0 Å². The normalized spacial score (nSPS) is 15.3. The molecule has 0 unspecified atom stereocenters. The van der Waals surface area contributed by atoms with Crippen LogP contribution in [0.25, 0.3) is 11.1 Å². The second kappa shape index (κ2) is 8.37. The van der Waals surface area contributed by atoms with Crippen LogP contribution in [0.2, 0.25) is 0 Å². The van der Waals surface area contributed by atoms with Crippen LogP contribution in [0, 0.1) is 0 Å². The molecular formula is C22H30N4O3. The molecule has 0 spiro atoms. The molecule has 1 aliphatic rings. The maximum absolute atomic E-state index is 12.4. The second-order valence-corrected chi connectivity index (χ2v) is 8.22. The van der Waals surface area contributed by atoms with Gasteiger partial charge in [0, 0.05) is 44.9 Å². The number of likely N-dealkylation sites (tertiary alicyclic amines) is 1. The van der Waals surface area contributed by atoms with Crippen molar-refractivity contribution < 1.29 is 14.6 Å². The molecule has 0 radical (unpaired) electrons. The number of benzene rings is 1. The number of ether oxygens (including phenoxy) is 1. The topological polar surface area (TPSA) is 78.8 Å². The number of methoxy groups -OCH3 is 1. The van der Waals surface area contributed by atoms with E-state index in [1.165, 1.54) is 13.8 Å². The highest BCUT2D eigenvalue weighted by Gasteiger charge is 2.33. The lowest BCUT2D eigenvalue weighted by atomic mass is 9.88. The van der Waals surface area contributed by atoms with E-state index in [0.717, 1.165) is 35.4 Å². The van der Waals surface area contributed by atoms with Crippen LogP contribution in [-0.2, 0) is 4.79 Å². The van der Waals surface area contributed by atoms with E-state index in [9.17, 15) is 9.90 Å². The maximum atomic E-state index is 12.4. The molecule has 1 aromatic heterocycles. The van der Waals surface area contributed by atoms with Crippen molar-refractivity contribution in [2.45, 2.75) is 38.2 Å². The van der Waals surface area contributed by atoms with Crippen molar-refractivity contribution in [3.8, 4) is 16.9 Å². The van der Waals surface area contributed by atoms with Gasteiger partial charge in [-0.25, -0.2) is 9.97 Å². The number of hydrogen-bond donors (Lipinski definition) is 1. The van der Waals surface area contributed by atoms with Crippen LogP contribution < -0.4 is 9.64 Å². The molecule has 0 atom stereocenters. The Labute approximate surface area is 172 Å². The number of anilines is 1. The zero-order valence-corrected chi connectivity index (χ0v) is 17.8. The fraction of sp³-hybridized carbons (Fsp3) is 0.500. The molecular weight excluding hydrogens is 368 g/mol. The van der Waals surface area contributed by atoms with E-state index >= 15 is 0 Å². The zero-order valence-electron chi connectivity index (χ0n) is 17.8. The summed E-state index contributed by atoms with van der Waals surface area (Å²) < 4.78 is 5.27. The van der Waals surface area contributed by atoms with Gasteiger partial charge in [0.25, 0.3) is 5.91 Å². The Hall–Kier alpha value is -2.67. The summed E-state index contributed by atoms with van der Waals surface area (Å²) in [6, 6.07) is 7.90. The van der Waals surface area contributed by atoms with Gasteiger partial charge in [-0.2, -0.15) is 0 Å². The van der Waals surface area contributed by atoms with Crippen molar-refractivity contribution in [3.05, 3.63) is 36.2 Å². The standard InChI is InChI=1S/C22H30N4O3/c1-22(2,28)20(27)26-12-10-16(11-13-26)19-18(14-23-21(24-19)25(3)4)15-6-8-17(29-5)9-7-15/h6-9,14,16,28H,10-13H2,1-5H3. The molecule has 7 nitrogen and oxygen atoms in total. The quantitative estimate of drug-likeness (QED) is 0.834. The van der Waals surface area contributed by atoms with Crippen molar-refractivity contribution in [2.24, 2.45) is 0 Å². The first-order chi connectivity index (χ1) is 13.7. The molecule has 29 heavy (non-hydrogen) atoms. The first-order valence-corrected chi connectivity index (χ1v) is 9.91. The Kier molecular flexibility index (Phi) is 6.07. The summed E-state index contributed by atoms with van der Waals surface area (Å²) in [6.07, 6.45) is 3.48. The summed E-state index contributed by atoms with van der Waals surface area (Å²) in [7, 11) is 5.51. The Morgan fingerprint density at radius 1 is 1.21 bits per heavy atom. The highest BCUT2D eigenvalue weighted by atomic mass is 16.5. The van der Waals surface area contributed by atoms with Crippen molar-refractivity contribution >= 4 is 11.9 Å². The third kappa shape index (κ3) is 4.67. The minimum atomic E-state index is -1.34. The van der Waals surface area contributed by atoms with Gasteiger partial charge in [0.2, 0.25) is 5.95 Å². The van der Waals surface area contributed by atoms with Crippen LogP contribution in [0.4, 0.5) is 5.95 Å². The average molecular weight is 399 g/mol. The fourth-order valence-electron chi connectivity index (χ4n) is 3.65. The van der Waals surface area contributed by atoms with E-state index in [4.69, 9.17) is 9.72 Å². The smallest absolute Gasteiger partial charge is 0.253 e. The highest BCUT2D eigenvalue weighted by molar-refractivity contribution is 5.84. The van der Waals surface area contributed by atoms with E-state index in [1.54, 1.807) is 12.0 Å². The van der Waals surface area contributed by atoms with E-state index in [2.05, 4.69) is 4.98 Å². The first-order valence-electron chi connectivity index (χ1n) is 9.91. The summed E-state index contributed by atoms with van der Waals surface area (Å²) in [4.78, 5) is 25.4. The number of aromatic nitrogens is 2. The lowest BCUT2D eigenvalue weighted by Gasteiger charge is -2.35.